The first-order valence-electron chi connectivity index (χ1n) is 7.01. The lowest BCUT2D eigenvalue weighted by Gasteiger charge is -2.24. The average molecular weight is 362 g/mol. The van der Waals surface area contributed by atoms with Crippen molar-refractivity contribution < 1.29 is 0 Å². The Hall–Kier alpha value is -1.29. The lowest BCUT2D eigenvalue weighted by Crippen LogP contribution is -2.30. The van der Waals surface area contributed by atoms with Crippen molar-refractivity contribution in [2.75, 3.05) is 6.54 Å². The van der Waals surface area contributed by atoms with E-state index in [9.17, 15) is 0 Å². The Balaban J connectivity index is 1.88. The summed E-state index contributed by atoms with van der Waals surface area (Å²) in [5, 5.41) is 5.69. The minimum atomic E-state index is 0.206. The zero-order chi connectivity index (χ0) is 14.4. The first-order valence-corrected chi connectivity index (χ1v) is 8.18. The molecule has 106 valence electrons. The van der Waals surface area contributed by atoms with Crippen molar-refractivity contribution in [2.24, 2.45) is 0 Å². The van der Waals surface area contributed by atoms with Crippen molar-refractivity contribution >= 4 is 38.4 Å². The number of H-pyrrole nitrogens is 1. The van der Waals surface area contributed by atoms with Crippen LogP contribution in [0.5, 0.6) is 0 Å². The molecule has 2 N–H and O–H groups in total. The fourth-order valence-electron chi connectivity index (χ4n) is 3.14. The fourth-order valence-corrected chi connectivity index (χ4v) is 3.63. The summed E-state index contributed by atoms with van der Waals surface area (Å²) in [5.41, 5.74) is 5.14. The summed E-state index contributed by atoms with van der Waals surface area (Å²) in [7, 11) is 0. The maximum Gasteiger partial charge on any atom is 0.0732 e. The number of aromatic nitrogens is 1. The highest BCUT2D eigenvalue weighted by atomic mass is 79.9. The Morgan fingerprint density at radius 3 is 2.71 bits per heavy atom. The van der Waals surface area contributed by atoms with Crippen LogP contribution in [0.15, 0.2) is 46.9 Å². The first kappa shape index (κ1) is 13.4. The van der Waals surface area contributed by atoms with Crippen LogP contribution >= 0.6 is 27.5 Å². The number of hydrogen-bond donors (Lipinski definition) is 2. The predicted molar refractivity (Wildman–Crippen MR) is 91.0 cm³/mol. The van der Waals surface area contributed by atoms with Crippen LogP contribution in [-0.4, -0.2) is 11.5 Å². The summed E-state index contributed by atoms with van der Waals surface area (Å²) in [6.07, 6.45) is 1.05. The van der Waals surface area contributed by atoms with Gasteiger partial charge in [0.2, 0.25) is 0 Å². The van der Waals surface area contributed by atoms with Crippen molar-refractivity contribution in [1.82, 2.24) is 10.3 Å². The average Bonchev–Trinajstić information content (AvgIpc) is 2.86. The summed E-state index contributed by atoms with van der Waals surface area (Å²) in [6.45, 7) is 0.986. The third-order valence-electron chi connectivity index (χ3n) is 4.12. The van der Waals surface area contributed by atoms with Gasteiger partial charge in [-0.1, -0.05) is 39.7 Å². The maximum atomic E-state index is 6.00. The summed E-state index contributed by atoms with van der Waals surface area (Å²) in [6, 6.07) is 14.7. The number of hydrogen-bond acceptors (Lipinski definition) is 1. The zero-order valence-electron chi connectivity index (χ0n) is 11.3. The number of nitrogens with one attached hydrogen (secondary N) is 2. The van der Waals surface area contributed by atoms with E-state index in [1.165, 1.54) is 27.7 Å². The monoisotopic (exact) mass is 360 g/mol. The van der Waals surface area contributed by atoms with Gasteiger partial charge in [-0.2, -0.15) is 0 Å². The Morgan fingerprint density at radius 2 is 1.90 bits per heavy atom. The number of benzene rings is 2. The molecule has 1 aliphatic rings. The van der Waals surface area contributed by atoms with Crippen molar-refractivity contribution in [3.63, 3.8) is 0 Å². The molecule has 21 heavy (non-hydrogen) atoms. The van der Waals surface area contributed by atoms with Gasteiger partial charge in [0.1, 0.15) is 0 Å². The van der Waals surface area contributed by atoms with Crippen molar-refractivity contribution in [3.8, 4) is 0 Å². The van der Waals surface area contributed by atoms with Gasteiger partial charge in [-0.3, -0.25) is 0 Å². The largest absolute Gasteiger partial charge is 0.357 e. The van der Waals surface area contributed by atoms with Gasteiger partial charge in [0.15, 0.2) is 0 Å². The standard InChI is InChI=1S/C17H14BrClN2/c18-11-3-6-15-14(9-11)13-7-8-20-16(17(13)21-15)10-1-4-12(19)5-2-10/h1-6,9,16,20-21H,7-8H2/t16-/m0/s1. The second-order valence-corrected chi connectivity index (χ2v) is 6.75. The lowest BCUT2D eigenvalue weighted by molar-refractivity contribution is 0.560. The quantitative estimate of drug-likeness (QED) is 0.639. The highest BCUT2D eigenvalue weighted by Gasteiger charge is 2.25. The molecule has 1 atom stereocenters. The van der Waals surface area contributed by atoms with Gasteiger partial charge in [0, 0.05) is 32.6 Å². The SMILES string of the molecule is Clc1ccc([C@@H]2NCCc3c2[nH]c2ccc(Br)cc32)cc1. The molecule has 1 aliphatic heterocycles. The second kappa shape index (κ2) is 5.16. The van der Waals surface area contributed by atoms with Crippen LogP contribution in [0, 0.1) is 0 Å². The lowest BCUT2D eigenvalue weighted by atomic mass is 9.94. The van der Waals surface area contributed by atoms with E-state index in [0.29, 0.717) is 0 Å². The zero-order valence-corrected chi connectivity index (χ0v) is 13.6. The number of halogens is 2. The van der Waals surface area contributed by atoms with Crippen LogP contribution in [0.2, 0.25) is 5.02 Å². The van der Waals surface area contributed by atoms with Crippen molar-refractivity contribution in [2.45, 2.75) is 12.5 Å². The molecule has 0 bridgehead atoms. The molecule has 4 rings (SSSR count). The molecule has 0 unspecified atom stereocenters. The van der Waals surface area contributed by atoms with E-state index in [2.05, 4.69) is 56.6 Å². The Kier molecular flexibility index (Phi) is 3.29. The highest BCUT2D eigenvalue weighted by Crippen LogP contribution is 2.34. The van der Waals surface area contributed by atoms with Crippen LogP contribution in [-0.2, 0) is 6.42 Å². The molecule has 2 aromatic carbocycles. The molecule has 0 saturated carbocycles. The maximum absolute atomic E-state index is 6.00. The number of fused-ring (bicyclic) bond motifs is 3. The van der Waals surface area contributed by atoms with E-state index in [1.807, 2.05) is 12.1 Å². The van der Waals surface area contributed by atoms with Gasteiger partial charge in [-0.25, -0.2) is 0 Å². The van der Waals surface area contributed by atoms with Gasteiger partial charge in [0.25, 0.3) is 0 Å². The molecule has 0 amide bonds. The molecule has 2 nitrogen and oxygen atoms in total. The fraction of sp³-hybridized carbons (Fsp3) is 0.176. The van der Waals surface area contributed by atoms with Gasteiger partial charge < -0.3 is 10.3 Å². The molecule has 4 heteroatoms. The third kappa shape index (κ3) is 2.30. The normalized spacial score (nSPS) is 17.9. The Bertz CT molecular complexity index is 808. The first-order chi connectivity index (χ1) is 10.2. The van der Waals surface area contributed by atoms with Crippen LogP contribution in [0.4, 0.5) is 0 Å². The molecule has 0 spiro atoms. The van der Waals surface area contributed by atoms with Gasteiger partial charge >= 0.3 is 0 Å². The molecule has 1 aromatic heterocycles. The van der Waals surface area contributed by atoms with E-state index in [-0.39, 0.29) is 6.04 Å². The van der Waals surface area contributed by atoms with Crippen LogP contribution in [0.25, 0.3) is 10.9 Å². The Morgan fingerprint density at radius 1 is 1.10 bits per heavy atom. The van der Waals surface area contributed by atoms with Gasteiger partial charge in [-0.05, 0) is 47.9 Å². The van der Waals surface area contributed by atoms with E-state index in [1.54, 1.807) is 0 Å². The Labute approximate surface area is 136 Å². The van der Waals surface area contributed by atoms with E-state index >= 15 is 0 Å². The van der Waals surface area contributed by atoms with Gasteiger partial charge in [0.05, 0.1) is 6.04 Å². The minimum Gasteiger partial charge on any atom is -0.357 e. The topological polar surface area (TPSA) is 27.8 Å². The van der Waals surface area contributed by atoms with E-state index < -0.39 is 0 Å². The summed E-state index contributed by atoms with van der Waals surface area (Å²) >= 11 is 9.57. The third-order valence-corrected chi connectivity index (χ3v) is 4.86. The molecule has 0 radical (unpaired) electrons. The minimum absolute atomic E-state index is 0.206. The molecule has 3 aromatic rings. The highest BCUT2D eigenvalue weighted by molar-refractivity contribution is 9.10. The number of aromatic amines is 1. The second-order valence-electron chi connectivity index (χ2n) is 5.40. The van der Waals surface area contributed by atoms with E-state index in [4.69, 9.17) is 11.6 Å². The van der Waals surface area contributed by atoms with Crippen LogP contribution in [0.1, 0.15) is 22.9 Å². The van der Waals surface area contributed by atoms with E-state index in [0.717, 1.165) is 22.5 Å². The number of rotatable bonds is 1. The summed E-state index contributed by atoms with van der Waals surface area (Å²) in [5.74, 6) is 0. The van der Waals surface area contributed by atoms with Crippen LogP contribution < -0.4 is 5.32 Å². The molecular formula is C17H14BrClN2. The molecule has 0 aliphatic carbocycles. The predicted octanol–water partition coefficient (Wildman–Crippen LogP) is 4.82. The molecule has 0 saturated heterocycles. The summed E-state index contributed by atoms with van der Waals surface area (Å²) < 4.78 is 1.12. The molecule has 0 fully saturated rings. The molecule has 2 heterocycles. The molecular weight excluding hydrogens is 348 g/mol. The van der Waals surface area contributed by atoms with Crippen LogP contribution in [0.3, 0.4) is 0 Å². The van der Waals surface area contributed by atoms with Crippen molar-refractivity contribution in [1.29, 1.82) is 0 Å². The summed E-state index contributed by atoms with van der Waals surface area (Å²) in [4.78, 5) is 3.59. The van der Waals surface area contributed by atoms with Gasteiger partial charge in [-0.15, -0.1) is 0 Å². The van der Waals surface area contributed by atoms with Crippen molar-refractivity contribution in [3.05, 3.63) is 68.8 Å². The smallest absolute Gasteiger partial charge is 0.0732 e.